The Hall–Kier alpha value is -0.370. The van der Waals surface area contributed by atoms with Crippen LogP contribution in [0.2, 0.25) is 0 Å². The lowest BCUT2D eigenvalue weighted by Gasteiger charge is -2.02. The smallest absolute Gasteiger partial charge is 0.133 e. The van der Waals surface area contributed by atoms with Crippen LogP contribution in [-0.2, 0) is 4.79 Å². The van der Waals surface area contributed by atoms with Crippen molar-refractivity contribution in [3.63, 3.8) is 0 Å². The Morgan fingerprint density at radius 2 is 2.00 bits per heavy atom. The van der Waals surface area contributed by atoms with Crippen molar-refractivity contribution in [2.24, 2.45) is 11.7 Å². The van der Waals surface area contributed by atoms with E-state index in [-0.39, 0.29) is 0 Å². The molecule has 0 atom stereocenters. The molecule has 0 bridgehead atoms. The maximum Gasteiger partial charge on any atom is 0.133 e. The van der Waals surface area contributed by atoms with Crippen molar-refractivity contribution in [3.8, 4) is 0 Å². The molecule has 2 heteroatoms. The van der Waals surface area contributed by atoms with E-state index in [2.05, 4.69) is 13.8 Å². The highest BCUT2D eigenvalue weighted by molar-refractivity contribution is 5.78. The molecule has 0 fully saturated rings. The first-order valence-electron chi connectivity index (χ1n) is 4.38. The molecule has 66 valence electrons. The summed E-state index contributed by atoms with van der Waals surface area (Å²) in [6, 6.07) is 0. The minimum atomic E-state index is 0.383. The third-order valence-corrected chi connectivity index (χ3v) is 1.55. The van der Waals surface area contributed by atoms with Gasteiger partial charge >= 0.3 is 0 Å². The van der Waals surface area contributed by atoms with Crippen molar-refractivity contribution in [2.75, 3.05) is 6.54 Å². The van der Waals surface area contributed by atoms with Crippen LogP contribution in [0.1, 0.15) is 39.5 Å². The Bertz CT molecular complexity index is 110. The highest BCUT2D eigenvalue weighted by atomic mass is 16.1. The normalized spacial score (nSPS) is 10.5. The van der Waals surface area contributed by atoms with Crippen LogP contribution in [0.25, 0.3) is 0 Å². The molecule has 0 amide bonds. The minimum Gasteiger partial charge on any atom is -0.330 e. The van der Waals surface area contributed by atoms with E-state index < -0.39 is 0 Å². The maximum atomic E-state index is 11.1. The van der Waals surface area contributed by atoms with Gasteiger partial charge in [0.1, 0.15) is 5.78 Å². The summed E-state index contributed by atoms with van der Waals surface area (Å²) in [6.45, 7) is 4.84. The molecule has 0 spiro atoms. The summed E-state index contributed by atoms with van der Waals surface area (Å²) in [6.07, 6.45) is 3.38. The molecule has 0 radical (unpaired) electrons. The number of unbranched alkanes of at least 4 members (excludes halogenated alkanes) is 1. The van der Waals surface area contributed by atoms with Crippen LogP contribution in [0.3, 0.4) is 0 Å². The molecule has 0 aliphatic heterocycles. The molecule has 0 heterocycles. The maximum absolute atomic E-state index is 11.1. The van der Waals surface area contributed by atoms with Gasteiger partial charge in [0.05, 0.1) is 0 Å². The van der Waals surface area contributed by atoms with E-state index in [4.69, 9.17) is 5.73 Å². The highest BCUT2D eigenvalue weighted by Gasteiger charge is 2.03. The fourth-order valence-corrected chi connectivity index (χ4v) is 1.02. The molecule has 0 rings (SSSR count). The number of ketones is 1. The van der Waals surface area contributed by atoms with Crippen LogP contribution in [0, 0.1) is 5.92 Å². The molecule has 0 saturated heterocycles. The Balaban J connectivity index is 3.23. The van der Waals surface area contributed by atoms with Gasteiger partial charge in [-0.25, -0.2) is 0 Å². The summed E-state index contributed by atoms with van der Waals surface area (Å²) in [5, 5.41) is 0. The first kappa shape index (κ1) is 10.6. The number of hydrogen-bond donors (Lipinski definition) is 1. The second kappa shape index (κ2) is 6.35. The summed E-state index contributed by atoms with van der Waals surface area (Å²) in [7, 11) is 0. The van der Waals surface area contributed by atoms with Crippen molar-refractivity contribution < 1.29 is 4.79 Å². The van der Waals surface area contributed by atoms with Gasteiger partial charge in [0.15, 0.2) is 0 Å². The molecule has 2 nitrogen and oxygen atoms in total. The summed E-state index contributed by atoms with van der Waals surface area (Å²) in [5.41, 5.74) is 5.30. The zero-order chi connectivity index (χ0) is 8.69. The zero-order valence-electron chi connectivity index (χ0n) is 7.60. The number of hydrogen-bond acceptors (Lipinski definition) is 2. The third-order valence-electron chi connectivity index (χ3n) is 1.55. The van der Waals surface area contributed by atoms with Crippen LogP contribution >= 0.6 is 0 Å². The van der Waals surface area contributed by atoms with Gasteiger partial charge in [0.25, 0.3) is 0 Å². The molecule has 2 N–H and O–H groups in total. The van der Waals surface area contributed by atoms with Gasteiger partial charge < -0.3 is 5.73 Å². The average Bonchev–Trinajstić information content (AvgIpc) is 1.86. The van der Waals surface area contributed by atoms with E-state index >= 15 is 0 Å². The Kier molecular flexibility index (Phi) is 6.13. The Morgan fingerprint density at radius 3 is 2.45 bits per heavy atom. The first-order chi connectivity index (χ1) is 5.16. The fourth-order valence-electron chi connectivity index (χ4n) is 1.02. The largest absolute Gasteiger partial charge is 0.330 e. The van der Waals surface area contributed by atoms with Crippen molar-refractivity contribution in [3.05, 3.63) is 0 Å². The predicted molar refractivity (Wildman–Crippen MR) is 47.4 cm³/mol. The number of carbonyl (C=O) groups excluding carboxylic acids is 1. The van der Waals surface area contributed by atoms with Crippen molar-refractivity contribution in [2.45, 2.75) is 39.5 Å². The standard InChI is InChI=1S/C9H19NO/c1-8(2)7-9(11)5-3-4-6-10/h8H,3-7,10H2,1-2H3. The SMILES string of the molecule is CC(C)CC(=O)CCCCN. The summed E-state index contributed by atoms with van der Waals surface area (Å²) >= 11 is 0. The van der Waals surface area contributed by atoms with Crippen LogP contribution in [0.5, 0.6) is 0 Å². The monoisotopic (exact) mass is 157 g/mol. The number of Topliss-reactive ketones (excluding diaryl/α,β-unsaturated/α-hetero) is 1. The molecule has 0 aromatic rings. The molecule has 0 saturated carbocycles. The van der Waals surface area contributed by atoms with Crippen molar-refractivity contribution in [1.82, 2.24) is 0 Å². The van der Waals surface area contributed by atoms with Crippen LogP contribution in [0.15, 0.2) is 0 Å². The third kappa shape index (κ3) is 7.53. The van der Waals surface area contributed by atoms with E-state index in [9.17, 15) is 4.79 Å². The van der Waals surface area contributed by atoms with E-state index in [1.165, 1.54) is 0 Å². The molecule has 0 unspecified atom stereocenters. The summed E-state index contributed by atoms with van der Waals surface area (Å²) < 4.78 is 0. The lowest BCUT2D eigenvalue weighted by atomic mass is 10.0. The molecule has 0 aromatic heterocycles. The van der Waals surface area contributed by atoms with E-state index in [1.54, 1.807) is 0 Å². The van der Waals surface area contributed by atoms with E-state index in [0.717, 1.165) is 25.7 Å². The quantitative estimate of drug-likeness (QED) is 0.597. The lowest BCUT2D eigenvalue weighted by molar-refractivity contribution is -0.119. The number of carbonyl (C=O) groups is 1. The van der Waals surface area contributed by atoms with Gasteiger partial charge in [-0.2, -0.15) is 0 Å². The molecular weight excluding hydrogens is 138 g/mol. The molecule has 0 aromatic carbocycles. The van der Waals surface area contributed by atoms with E-state index in [1.807, 2.05) is 0 Å². The van der Waals surface area contributed by atoms with Gasteiger partial charge in [-0.3, -0.25) is 4.79 Å². The van der Waals surface area contributed by atoms with Gasteiger partial charge in [-0.1, -0.05) is 13.8 Å². The van der Waals surface area contributed by atoms with Gasteiger partial charge in [0.2, 0.25) is 0 Å². The second-order valence-corrected chi connectivity index (χ2v) is 3.38. The lowest BCUT2D eigenvalue weighted by Crippen LogP contribution is -2.04. The molecule has 0 aliphatic rings. The predicted octanol–water partition coefficient (Wildman–Crippen LogP) is 1.73. The zero-order valence-corrected chi connectivity index (χ0v) is 7.60. The Morgan fingerprint density at radius 1 is 1.36 bits per heavy atom. The number of rotatable bonds is 6. The van der Waals surface area contributed by atoms with Crippen LogP contribution in [-0.4, -0.2) is 12.3 Å². The summed E-state index contributed by atoms with van der Waals surface area (Å²) in [4.78, 5) is 11.1. The first-order valence-corrected chi connectivity index (χ1v) is 4.38. The topological polar surface area (TPSA) is 43.1 Å². The average molecular weight is 157 g/mol. The Labute approximate surface area is 69.2 Å². The summed E-state index contributed by atoms with van der Waals surface area (Å²) in [5.74, 6) is 0.883. The van der Waals surface area contributed by atoms with Crippen LogP contribution in [0.4, 0.5) is 0 Å². The molecular formula is C9H19NO. The minimum absolute atomic E-state index is 0.383. The second-order valence-electron chi connectivity index (χ2n) is 3.38. The van der Waals surface area contributed by atoms with Gasteiger partial charge in [-0.15, -0.1) is 0 Å². The number of nitrogens with two attached hydrogens (primary N) is 1. The van der Waals surface area contributed by atoms with Gasteiger partial charge in [0, 0.05) is 12.8 Å². The van der Waals surface area contributed by atoms with Gasteiger partial charge in [-0.05, 0) is 25.3 Å². The highest BCUT2D eigenvalue weighted by Crippen LogP contribution is 2.05. The van der Waals surface area contributed by atoms with Crippen molar-refractivity contribution >= 4 is 5.78 Å². The van der Waals surface area contributed by atoms with Crippen molar-refractivity contribution in [1.29, 1.82) is 0 Å². The van der Waals surface area contributed by atoms with Crippen LogP contribution < -0.4 is 5.73 Å². The molecule has 11 heavy (non-hydrogen) atoms. The van der Waals surface area contributed by atoms with E-state index in [0.29, 0.717) is 18.2 Å². The fraction of sp³-hybridized carbons (Fsp3) is 0.889. The molecule has 0 aliphatic carbocycles.